The predicted molar refractivity (Wildman–Crippen MR) is 117 cm³/mol. The second-order valence-electron chi connectivity index (χ2n) is 6.89. The van der Waals surface area contributed by atoms with Crippen LogP contribution in [0.1, 0.15) is 17.3 Å². The van der Waals surface area contributed by atoms with E-state index in [0.29, 0.717) is 34.7 Å². The van der Waals surface area contributed by atoms with Crippen LogP contribution in [0.4, 0.5) is 0 Å². The number of aromatic amines is 2. The second kappa shape index (κ2) is 8.83. The van der Waals surface area contributed by atoms with Gasteiger partial charge in [0, 0.05) is 0 Å². The minimum absolute atomic E-state index is 0.0642. The molecule has 2 aromatic carbocycles. The third-order valence-corrected chi connectivity index (χ3v) is 4.68. The van der Waals surface area contributed by atoms with E-state index in [-0.39, 0.29) is 22.7 Å². The molecule has 2 heterocycles. The Balaban J connectivity index is 1.80. The Bertz CT molecular complexity index is 1420. The van der Waals surface area contributed by atoms with E-state index in [9.17, 15) is 19.5 Å². The highest BCUT2D eigenvalue weighted by molar-refractivity contribution is 5.90. The molecule has 0 radical (unpaired) electrons. The Morgan fingerprint density at radius 1 is 1.06 bits per heavy atom. The van der Waals surface area contributed by atoms with Crippen LogP contribution in [0, 0.1) is 0 Å². The average Bonchev–Trinajstić information content (AvgIpc) is 3.27. The molecule has 0 saturated carbocycles. The lowest BCUT2D eigenvalue weighted by Gasteiger charge is -2.13. The van der Waals surface area contributed by atoms with Crippen LogP contribution in [0.2, 0.25) is 0 Å². The third-order valence-electron chi connectivity index (χ3n) is 4.68. The molecular weight excluding hydrogens is 432 g/mol. The SMILES string of the molecule is CCOc1cc(-c2cc(OCC(=O)O)cc(C(=O)O)c2)ccc1-c1nc2[nH]cnc2c(=O)[nH]1. The first kappa shape index (κ1) is 21.6. The Morgan fingerprint density at radius 3 is 2.61 bits per heavy atom. The number of benzene rings is 2. The number of nitrogens with one attached hydrogen (secondary N) is 2. The van der Waals surface area contributed by atoms with Gasteiger partial charge in [0.1, 0.15) is 17.3 Å². The van der Waals surface area contributed by atoms with E-state index in [2.05, 4.69) is 19.9 Å². The minimum Gasteiger partial charge on any atom is -0.493 e. The van der Waals surface area contributed by atoms with E-state index in [0.717, 1.165) is 0 Å². The molecular formula is C22H18N4O7. The highest BCUT2D eigenvalue weighted by atomic mass is 16.5. The zero-order valence-electron chi connectivity index (χ0n) is 17.3. The fraction of sp³-hybridized carbons (Fsp3) is 0.136. The summed E-state index contributed by atoms with van der Waals surface area (Å²) < 4.78 is 10.9. The molecule has 0 atom stereocenters. The number of hydrogen-bond donors (Lipinski definition) is 4. The van der Waals surface area contributed by atoms with Gasteiger partial charge >= 0.3 is 11.9 Å². The van der Waals surface area contributed by atoms with Crippen molar-refractivity contribution in [3.63, 3.8) is 0 Å². The summed E-state index contributed by atoms with van der Waals surface area (Å²) >= 11 is 0. The number of imidazole rings is 1. The summed E-state index contributed by atoms with van der Waals surface area (Å²) in [6.07, 6.45) is 1.38. The number of ether oxygens (including phenoxy) is 2. The van der Waals surface area contributed by atoms with Crippen molar-refractivity contribution in [1.29, 1.82) is 0 Å². The summed E-state index contributed by atoms with van der Waals surface area (Å²) in [7, 11) is 0. The van der Waals surface area contributed by atoms with Gasteiger partial charge in [-0.1, -0.05) is 6.07 Å². The van der Waals surface area contributed by atoms with Crippen molar-refractivity contribution in [3.05, 3.63) is 58.6 Å². The van der Waals surface area contributed by atoms with Gasteiger partial charge in [-0.05, 0) is 48.4 Å². The van der Waals surface area contributed by atoms with Crippen LogP contribution in [0.15, 0.2) is 47.5 Å². The Morgan fingerprint density at radius 2 is 1.88 bits per heavy atom. The summed E-state index contributed by atoms with van der Waals surface area (Å²) in [5.41, 5.74) is 1.64. The minimum atomic E-state index is -1.19. The molecule has 0 unspecified atom stereocenters. The smallest absolute Gasteiger partial charge is 0.341 e. The molecule has 2 aromatic heterocycles. The number of aromatic nitrogens is 4. The van der Waals surface area contributed by atoms with Crippen molar-refractivity contribution < 1.29 is 29.3 Å². The summed E-state index contributed by atoms with van der Waals surface area (Å²) in [6, 6.07) is 9.30. The number of fused-ring (bicyclic) bond motifs is 1. The van der Waals surface area contributed by atoms with Gasteiger partial charge < -0.3 is 29.7 Å². The number of aromatic carboxylic acids is 1. The monoisotopic (exact) mass is 450 g/mol. The van der Waals surface area contributed by atoms with Crippen LogP contribution in [-0.2, 0) is 4.79 Å². The van der Waals surface area contributed by atoms with E-state index >= 15 is 0 Å². The third kappa shape index (κ3) is 4.51. The van der Waals surface area contributed by atoms with E-state index in [1.807, 2.05) is 0 Å². The van der Waals surface area contributed by atoms with E-state index in [1.165, 1.54) is 24.5 Å². The standard InChI is InChI=1S/C22H18N4O7/c1-2-32-16-8-11(12-5-13(22(30)31)7-14(6-12)33-9-17(27)28)3-4-15(16)19-25-20-18(21(29)26-19)23-10-24-20/h3-8,10H,2,9H2,1H3,(H,27,28)(H,30,31)(H2,23,24,25,26,29). The lowest BCUT2D eigenvalue weighted by molar-refractivity contribution is -0.139. The normalized spacial score (nSPS) is 10.8. The molecule has 33 heavy (non-hydrogen) atoms. The molecule has 0 saturated heterocycles. The van der Waals surface area contributed by atoms with Gasteiger partial charge in [-0.25, -0.2) is 19.6 Å². The van der Waals surface area contributed by atoms with Gasteiger partial charge in [0.25, 0.3) is 5.56 Å². The summed E-state index contributed by atoms with van der Waals surface area (Å²) in [4.78, 5) is 48.5. The number of hydrogen-bond acceptors (Lipinski definition) is 7. The van der Waals surface area contributed by atoms with Crippen molar-refractivity contribution in [3.8, 4) is 34.0 Å². The molecule has 0 amide bonds. The highest BCUT2D eigenvalue weighted by Crippen LogP contribution is 2.34. The van der Waals surface area contributed by atoms with E-state index in [1.54, 1.807) is 25.1 Å². The number of carboxylic acids is 2. The molecule has 168 valence electrons. The molecule has 0 aliphatic carbocycles. The van der Waals surface area contributed by atoms with Crippen LogP contribution in [-0.4, -0.2) is 55.3 Å². The summed E-state index contributed by atoms with van der Waals surface area (Å²) in [6.45, 7) is 1.52. The molecule has 0 bridgehead atoms. The van der Waals surface area contributed by atoms with Gasteiger partial charge in [0.15, 0.2) is 17.8 Å². The average molecular weight is 450 g/mol. The zero-order chi connectivity index (χ0) is 23.5. The Labute approximate surface area is 185 Å². The van der Waals surface area contributed by atoms with Gasteiger partial charge in [0.05, 0.1) is 24.1 Å². The van der Waals surface area contributed by atoms with Crippen LogP contribution < -0.4 is 15.0 Å². The molecule has 0 aliphatic rings. The van der Waals surface area contributed by atoms with Gasteiger partial charge in [-0.3, -0.25) is 4.79 Å². The number of carboxylic acid groups (broad SMARTS) is 2. The fourth-order valence-corrected chi connectivity index (χ4v) is 3.26. The molecule has 11 nitrogen and oxygen atoms in total. The maximum Gasteiger partial charge on any atom is 0.341 e. The van der Waals surface area contributed by atoms with Crippen LogP contribution in [0.3, 0.4) is 0 Å². The first-order valence-electron chi connectivity index (χ1n) is 9.79. The van der Waals surface area contributed by atoms with Crippen molar-refractivity contribution in [1.82, 2.24) is 19.9 Å². The Kier molecular flexibility index (Phi) is 5.77. The highest BCUT2D eigenvalue weighted by Gasteiger charge is 2.16. The molecule has 4 aromatic rings. The summed E-state index contributed by atoms with van der Waals surface area (Å²) in [5.74, 6) is -1.59. The number of H-pyrrole nitrogens is 2. The van der Waals surface area contributed by atoms with Crippen LogP contribution in [0.5, 0.6) is 11.5 Å². The molecule has 4 N–H and O–H groups in total. The number of carbonyl (C=O) groups is 2. The number of nitrogens with zero attached hydrogens (tertiary/aromatic N) is 2. The Hall–Kier alpha value is -4.67. The topological polar surface area (TPSA) is 167 Å². The lowest BCUT2D eigenvalue weighted by atomic mass is 10.00. The second-order valence-corrected chi connectivity index (χ2v) is 6.89. The number of aliphatic carboxylic acids is 1. The lowest BCUT2D eigenvalue weighted by Crippen LogP contribution is -2.10. The maximum absolute atomic E-state index is 12.3. The van der Waals surface area contributed by atoms with Crippen molar-refractivity contribution >= 4 is 23.1 Å². The van der Waals surface area contributed by atoms with E-state index < -0.39 is 24.1 Å². The van der Waals surface area contributed by atoms with Crippen molar-refractivity contribution in [2.45, 2.75) is 6.92 Å². The molecule has 4 rings (SSSR count). The van der Waals surface area contributed by atoms with Gasteiger partial charge in [-0.15, -0.1) is 0 Å². The predicted octanol–water partition coefficient (Wildman–Crippen LogP) is 2.54. The summed E-state index contributed by atoms with van der Waals surface area (Å²) in [5, 5.41) is 18.3. The van der Waals surface area contributed by atoms with Crippen molar-refractivity contribution in [2.75, 3.05) is 13.2 Å². The van der Waals surface area contributed by atoms with Crippen molar-refractivity contribution in [2.24, 2.45) is 0 Å². The maximum atomic E-state index is 12.3. The molecule has 0 spiro atoms. The first-order chi connectivity index (χ1) is 15.9. The quantitative estimate of drug-likeness (QED) is 0.315. The van der Waals surface area contributed by atoms with Crippen LogP contribution >= 0.6 is 0 Å². The van der Waals surface area contributed by atoms with Gasteiger partial charge in [0.2, 0.25) is 0 Å². The van der Waals surface area contributed by atoms with E-state index in [4.69, 9.17) is 14.6 Å². The van der Waals surface area contributed by atoms with Crippen LogP contribution in [0.25, 0.3) is 33.7 Å². The molecule has 0 aliphatic heterocycles. The molecule has 0 fully saturated rings. The zero-order valence-corrected chi connectivity index (χ0v) is 17.3. The fourth-order valence-electron chi connectivity index (χ4n) is 3.26. The largest absolute Gasteiger partial charge is 0.493 e. The van der Waals surface area contributed by atoms with Gasteiger partial charge in [-0.2, -0.15) is 0 Å². The number of rotatable bonds is 8. The molecule has 11 heteroatoms. The first-order valence-corrected chi connectivity index (χ1v) is 9.79.